The quantitative estimate of drug-likeness (QED) is 0.502. The van der Waals surface area contributed by atoms with Crippen molar-refractivity contribution in [2.24, 2.45) is 0 Å². The molecule has 1 atom stereocenters. The number of ether oxygens (including phenoxy) is 2. The molecule has 2 aliphatic rings. The Balaban J connectivity index is 0.00000256. The first kappa shape index (κ1) is 21.3. The van der Waals surface area contributed by atoms with E-state index >= 15 is 0 Å². The van der Waals surface area contributed by atoms with E-state index in [1.54, 1.807) is 25.1 Å². The molecule has 1 saturated heterocycles. The van der Waals surface area contributed by atoms with Gasteiger partial charge < -0.3 is 25.8 Å². The molecule has 2 heterocycles. The fraction of sp³-hybridized carbons (Fsp3) is 0.250. The molecule has 10 heteroatoms. The van der Waals surface area contributed by atoms with Crippen molar-refractivity contribution in [3.8, 4) is 11.5 Å². The van der Waals surface area contributed by atoms with Crippen molar-refractivity contribution < 1.29 is 23.9 Å². The summed E-state index contributed by atoms with van der Waals surface area (Å²) in [6, 6.07) is 9.73. The Kier molecular flexibility index (Phi) is 5.49. The highest BCUT2D eigenvalue weighted by atomic mass is 35.5. The summed E-state index contributed by atoms with van der Waals surface area (Å²) >= 11 is 0. The lowest BCUT2D eigenvalue weighted by molar-refractivity contribution is -0.133. The van der Waals surface area contributed by atoms with E-state index in [2.05, 4.69) is 10.6 Å². The summed E-state index contributed by atoms with van der Waals surface area (Å²) in [6.07, 6.45) is 0. The second kappa shape index (κ2) is 7.75. The highest BCUT2D eigenvalue weighted by Gasteiger charge is 2.49. The molecule has 0 bridgehead atoms. The van der Waals surface area contributed by atoms with E-state index in [1.165, 1.54) is 6.07 Å². The highest BCUT2D eigenvalue weighted by Crippen LogP contribution is 2.38. The molecule has 0 spiro atoms. The number of rotatable bonds is 4. The van der Waals surface area contributed by atoms with Crippen molar-refractivity contribution in [2.75, 3.05) is 24.4 Å². The zero-order chi connectivity index (χ0) is 20.8. The van der Waals surface area contributed by atoms with E-state index in [-0.39, 0.29) is 24.9 Å². The van der Waals surface area contributed by atoms with Gasteiger partial charge in [-0.1, -0.05) is 29.8 Å². The number of amides is 4. The predicted octanol–water partition coefficient (Wildman–Crippen LogP) is 2.13. The second-order valence-corrected chi connectivity index (χ2v) is 7.15. The van der Waals surface area contributed by atoms with Crippen LogP contribution in [0.3, 0.4) is 0 Å². The lowest BCUT2D eigenvalue weighted by Gasteiger charge is -2.22. The molecule has 4 rings (SSSR count). The summed E-state index contributed by atoms with van der Waals surface area (Å²) in [5, 5.41) is 5.29. The largest absolute Gasteiger partial charge is 0.454 e. The average molecular weight is 433 g/mol. The van der Waals surface area contributed by atoms with E-state index < -0.39 is 29.9 Å². The molecule has 2 aliphatic heterocycles. The Morgan fingerprint density at radius 1 is 1.20 bits per heavy atom. The molecule has 4 amide bonds. The first-order valence-electron chi connectivity index (χ1n) is 8.98. The highest BCUT2D eigenvalue weighted by molar-refractivity contribution is 6.10. The molecule has 158 valence electrons. The molecular weight excluding hydrogens is 412 g/mol. The smallest absolute Gasteiger partial charge is 0.325 e. The van der Waals surface area contributed by atoms with Gasteiger partial charge in [-0.3, -0.25) is 14.5 Å². The summed E-state index contributed by atoms with van der Waals surface area (Å²) in [6.45, 7) is 3.18. The Labute approximate surface area is 178 Å². The number of carbonyl (C=O) groups excluding carboxylic acids is 3. The number of benzene rings is 2. The number of nitrogens with one attached hydrogen (secondary N) is 2. The monoisotopic (exact) mass is 432 g/mol. The molecule has 30 heavy (non-hydrogen) atoms. The number of anilines is 2. The topological polar surface area (TPSA) is 123 Å². The number of nitrogens with two attached hydrogens (primary N) is 1. The number of hydrogen-bond donors (Lipinski definition) is 3. The van der Waals surface area contributed by atoms with Crippen molar-refractivity contribution in [2.45, 2.75) is 19.4 Å². The maximum absolute atomic E-state index is 12.9. The van der Waals surface area contributed by atoms with E-state index in [0.29, 0.717) is 22.7 Å². The third-order valence-corrected chi connectivity index (χ3v) is 5.02. The number of urea groups is 1. The van der Waals surface area contributed by atoms with Crippen LogP contribution >= 0.6 is 12.4 Å². The molecule has 4 N–H and O–H groups in total. The molecular formula is C20H21ClN4O5. The van der Waals surface area contributed by atoms with E-state index in [4.69, 9.17) is 15.2 Å². The van der Waals surface area contributed by atoms with Crippen molar-refractivity contribution in [1.82, 2.24) is 10.2 Å². The zero-order valence-electron chi connectivity index (χ0n) is 16.4. The molecule has 2 aromatic rings. The van der Waals surface area contributed by atoms with Crippen LogP contribution in [0.15, 0.2) is 36.4 Å². The van der Waals surface area contributed by atoms with Crippen LogP contribution in [-0.2, 0) is 15.1 Å². The van der Waals surface area contributed by atoms with Crippen molar-refractivity contribution in [3.05, 3.63) is 47.5 Å². The summed E-state index contributed by atoms with van der Waals surface area (Å²) in [5.74, 6) is -0.118. The fourth-order valence-corrected chi connectivity index (χ4v) is 3.32. The fourth-order valence-electron chi connectivity index (χ4n) is 3.32. The molecule has 0 saturated carbocycles. The number of halogens is 1. The molecule has 0 aliphatic carbocycles. The minimum Gasteiger partial charge on any atom is -0.454 e. The van der Waals surface area contributed by atoms with Crippen LogP contribution < -0.4 is 25.8 Å². The molecule has 2 aromatic carbocycles. The van der Waals surface area contributed by atoms with Gasteiger partial charge in [0.05, 0.1) is 11.4 Å². The third-order valence-electron chi connectivity index (χ3n) is 5.02. The summed E-state index contributed by atoms with van der Waals surface area (Å²) in [5.41, 5.74) is 6.96. The van der Waals surface area contributed by atoms with Gasteiger partial charge in [-0.25, -0.2) is 4.79 Å². The van der Waals surface area contributed by atoms with Gasteiger partial charge >= 0.3 is 6.03 Å². The standard InChI is InChI=1S/C20H20N4O5.ClH/c1-11-3-5-12(6-4-11)20(2)18(26)24(19(27)23-20)9-17(25)22-14-8-16-15(7-13(14)21)28-10-29-16;/h3-8H,9-10,21H2,1-2H3,(H,22,25)(H,23,27);1H. The van der Waals surface area contributed by atoms with Crippen molar-refractivity contribution in [3.63, 3.8) is 0 Å². The number of nitrogen functional groups attached to an aromatic ring is 1. The van der Waals surface area contributed by atoms with Crippen LogP contribution in [0.2, 0.25) is 0 Å². The Morgan fingerprint density at radius 2 is 1.83 bits per heavy atom. The second-order valence-electron chi connectivity index (χ2n) is 7.15. The third kappa shape index (κ3) is 3.59. The van der Waals surface area contributed by atoms with Crippen LogP contribution in [0.25, 0.3) is 0 Å². The van der Waals surface area contributed by atoms with Crippen molar-refractivity contribution in [1.29, 1.82) is 0 Å². The SMILES string of the molecule is Cc1ccc(C2(C)NC(=O)N(CC(=O)Nc3cc4c(cc3N)OCO4)C2=O)cc1.Cl. The van der Waals surface area contributed by atoms with Gasteiger partial charge in [0.2, 0.25) is 12.7 Å². The molecule has 9 nitrogen and oxygen atoms in total. The minimum atomic E-state index is -1.23. The summed E-state index contributed by atoms with van der Waals surface area (Å²) in [4.78, 5) is 38.7. The number of nitrogens with zero attached hydrogens (tertiary/aromatic N) is 1. The molecule has 1 unspecified atom stereocenters. The maximum atomic E-state index is 12.9. The number of carbonyl (C=O) groups is 3. The zero-order valence-corrected chi connectivity index (χ0v) is 17.2. The normalized spacial score (nSPS) is 19.3. The molecule has 1 fully saturated rings. The van der Waals surface area contributed by atoms with Gasteiger partial charge in [0.15, 0.2) is 11.5 Å². The lowest BCUT2D eigenvalue weighted by Crippen LogP contribution is -2.42. The minimum absolute atomic E-state index is 0. The molecule has 0 radical (unpaired) electrons. The van der Waals surface area contributed by atoms with Gasteiger partial charge in [0.1, 0.15) is 12.1 Å². The Bertz CT molecular complexity index is 1030. The summed E-state index contributed by atoms with van der Waals surface area (Å²) in [7, 11) is 0. The first-order valence-corrected chi connectivity index (χ1v) is 8.98. The van der Waals surface area contributed by atoms with Gasteiger partial charge in [-0.2, -0.15) is 0 Å². The van der Waals surface area contributed by atoms with Crippen molar-refractivity contribution >= 4 is 41.6 Å². The van der Waals surface area contributed by atoms with Crippen LogP contribution in [0.4, 0.5) is 16.2 Å². The predicted molar refractivity (Wildman–Crippen MR) is 112 cm³/mol. The maximum Gasteiger partial charge on any atom is 0.325 e. The van der Waals surface area contributed by atoms with Crippen LogP contribution in [0, 0.1) is 6.92 Å². The average Bonchev–Trinajstić information content (AvgIpc) is 3.20. The Morgan fingerprint density at radius 3 is 2.50 bits per heavy atom. The summed E-state index contributed by atoms with van der Waals surface area (Å²) < 4.78 is 10.5. The molecule has 0 aromatic heterocycles. The van der Waals surface area contributed by atoms with Crippen LogP contribution in [0.1, 0.15) is 18.1 Å². The van der Waals surface area contributed by atoms with E-state index in [9.17, 15) is 14.4 Å². The van der Waals surface area contributed by atoms with Gasteiger partial charge in [-0.15, -0.1) is 12.4 Å². The Hall–Kier alpha value is -3.46. The lowest BCUT2D eigenvalue weighted by atomic mass is 9.91. The van der Waals surface area contributed by atoms with Gasteiger partial charge in [-0.05, 0) is 19.4 Å². The number of hydrogen-bond acceptors (Lipinski definition) is 6. The number of aryl methyl sites for hydroxylation is 1. The van der Waals surface area contributed by atoms with Gasteiger partial charge in [0.25, 0.3) is 5.91 Å². The number of fused-ring (bicyclic) bond motifs is 1. The van der Waals surface area contributed by atoms with Gasteiger partial charge in [0, 0.05) is 12.1 Å². The van der Waals surface area contributed by atoms with Crippen LogP contribution in [-0.4, -0.2) is 36.1 Å². The first-order chi connectivity index (χ1) is 13.8. The number of imide groups is 1. The van der Waals surface area contributed by atoms with Crippen LogP contribution in [0.5, 0.6) is 11.5 Å². The van der Waals surface area contributed by atoms with E-state index in [1.807, 2.05) is 19.1 Å². The van der Waals surface area contributed by atoms with E-state index in [0.717, 1.165) is 10.5 Å².